The smallest absolute Gasteiger partial charge is 0.174 e. The summed E-state index contributed by atoms with van der Waals surface area (Å²) in [6.45, 7) is 7.22. The average Bonchev–Trinajstić information content (AvgIpc) is 2.73. The Balaban J connectivity index is 2.41. The number of nitrogen functional groups attached to an aromatic ring is 1. The molecule has 0 amide bonds. The van der Waals surface area contributed by atoms with E-state index >= 15 is 0 Å². The van der Waals surface area contributed by atoms with E-state index in [-0.39, 0.29) is 18.0 Å². The molecule has 1 fully saturated rings. The third-order valence-electron chi connectivity index (χ3n) is 3.32. The predicted octanol–water partition coefficient (Wildman–Crippen LogP) is 2.41. The van der Waals surface area contributed by atoms with Crippen molar-refractivity contribution in [2.75, 3.05) is 23.7 Å². The number of nitrogens with zero attached hydrogens (tertiary/aromatic N) is 2. The van der Waals surface area contributed by atoms with E-state index in [1.54, 1.807) is 6.92 Å². The number of ketones is 1. The number of nitrogens with two attached hydrogens (primary N) is 1. The lowest BCUT2D eigenvalue weighted by Gasteiger charge is -2.36. The number of hydrogen-bond acceptors (Lipinski definition) is 6. The van der Waals surface area contributed by atoms with Gasteiger partial charge in [-0.2, -0.15) is 5.26 Å². The summed E-state index contributed by atoms with van der Waals surface area (Å²) in [4.78, 5) is 14.5. The molecule has 1 aliphatic heterocycles. The van der Waals surface area contributed by atoms with Crippen molar-refractivity contribution in [2.45, 2.75) is 39.4 Å². The molecule has 0 bridgehead atoms. The number of carbonyl (C=O) groups excluding carboxylic acids is 1. The van der Waals surface area contributed by atoms with Crippen LogP contribution >= 0.6 is 11.3 Å². The third kappa shape index (κ3) is 2.65. The van der Waals surface area contributed by atoms with Crippen molar-refractivity contribution in [3.05, 3.63) is 10.4 Å². The summed E-state index contributed by atoms with van der Waals surface area (Å²) in [6.07, 6.45) is 0.586. The second kappa shape index (κ2) is 5.81. The normalized spacial score (nSPS) is 22.6. The zero-order chi connectivity index (χ0) is 14.9. The number of rotatable bonds is 3. The van der Waals surface area contributed by atoms with Crippen molar-refractivity contribution in [3.8, 4) is 6.07 Å². The highest BCUT2D eigenvalue weighted by Crippen LogP contribution is 2.39. The minimum Gasteiger partial charge on any atom is -0.396 e. The van der Waals surface area contributed by atoms with Crippen LogP contribution in [-0.2, 0) is 4.74 Å². The number of thiophene rings is 1. The molecule has 6 heteroatoms. The molecule has 20 heavy (non-hydrogen) atoms. The highest BCUT2D eigenvalue weighted by molar-refractivity contribution is 7.19. The van der Waals surface area contributed by atoms with E-state index in [0.29, 0.717) is 35.6 Å². The molecule has 0 aromatic carbocycles. The van der Waals surface area contributed by atoms with E-state index in [2.05, 4.69) is 11.0 Å². The molecule has 0 radical (unpaired) electrons. The van der Waals surface area contributed by atoms with Gasteiger partial charge >= 0.3 is 0 Å². The van der Waals surface area contributed by atoms with E-state index in [1.807, 2.05) is 13.8 Å². The molecule has 2 rings (SSSR count). The van der Waals surface area contributed by atoms with Crippen LogP contribution in [0.15, 0.2) is 0 Å². The molecule has 2 heterocycles. The van der Waals surface area contributed by atoms with Crippen molar-refractivity contribution in [2.24, 2.45) is 0 Å². The van der Waals surface area contributed by atoms with Crippen LogP contribution in [0, 0.1) is 11.3 Å². The first-order valence-electron chi connectivity index (χ1n) is 6.73. The fourth-order valence-electron chi connectivity index (χ4n) is 2.47. The fraction of sp³-hybridized carbons (Fsp3) is 0.571. The maximum atomic E-state index is 11.9. The van der Waals surface area contributed by atoms with Crippen LogP contribution in [0.1, 0.15) is 42.4 Å². The highest BCUT2D eigenvalue weighted by atomic mass is 32.1. The van der Waals surface area contributed by atoms with Gasteiger partial charge in [0.1, 0.15) is 16.6 Å². The lowest BCUT2D eigenvalue weighted by atomic mass is 10.1. The van der Waals surface area contributed by atoms with Crippen molar-refractivity contribution < 1.29 is 9.53 Å². The standard InChI is InChI=1S/C14H19N3O2S/c1-4-11(18)13-12(16)10(5-15)14(20-13)17-6-8(2)19-9(3)7-17/h8-9H,4,6-7,16H2,1-3H3/t8-,9+. The van der Waals surface area contributed by atoms with Crippen molar-refractivity contribution in [3.63, 3.8) is 0 Å². The van der Waals surface area contributed by atoms with Crippen LogP contribution in [0.4, 0.5) is 10.7 Å². The number of carbonyl (C=O) groups is 1. The van der Waals surface area contributed by atoms with Gasteiger partial charge in [0.05, 0.1) is 22.8 Å². The summed E-state index contributed by atoms with van der Waals surface area (Å²) < 4.78 is 5.70. The predicted molar refractivity (Wildman–Crippen MR) is 80.3 cm³/mol. The molecule has 0 aliphatic carbocycles. The number of ether oxygens (including phenoxy) is 1. The van der Waals surface area contributed by atoms with Gasteiger partial charge in [-0.05, 0) is 13.8 Å². The van der Waals surface area contributed by atoms with Crippen LogP contribution in [0.3, 0.4) is 0 Å². The Hall–Kier alpha value is -1.58. The largest absolute Gasteiger partial charge is 0.396 e. The maximum absolute atomic E-state index is 11.9. The van der Waals surface area contributed by atoms with Gasteiger partial charge in [0.15, 0.2) is 5.78 Å². The fourth-order valence-corrected chi connectivity index (χ4v) is 3.67. The first-order valence-corrected chi connectivity index (χ1v) is 7.55. The molecule has 108 valence electrons. The second-order valence-electron chi connectivity index (χ2n) is 5.08. The molecule has 0 saturated carbocycles. The molecule has 1 saturated heterocycles. The summed E-state index contributed by atoms with van der Waals surface area (Å²) in [5, 5.41) is 10.1. The Labute approximate surface area is 122 Å². The SMILES string of the molecule is CCC(=O)c1sc(N2C[C@@H](C)O[C@@H](C)C2)c(C#N)c1N. The summed E-state index contributed by atoms with van der Waals surface area (Å²) in [6, 6.07) is 2.14. The lowest BCUT2D eigenvalue weighted by Crippen LogP contribution is -2.45. The summed E-state index contributed by atoms with van der Waals surface area (Å²) in [5.74, 6) is -0.00962. The summed E-state index contributed by atoms with van der Waals surface area (Å²) >= 11 is 1.33. The minimum atomic E-state index is -0.00962. The Kier molecular flexibility index (Phi) is 4.31. The Bertz CT molecular complexity index is 552. The highest BCUT2D eigenvalue weighted by Gasteiger charge is 2.28. The van der Waals surface area contributed by atoms with Gasteiger partial charge in [-0.1, -0.05) is 6.92 Å². The zero-order valence-corrected chi connectivity index (χ0v) is 12.8. The van der Waals surface area contributed by atoms with Crippen LogP contribution < -0.4 is 10.6 Å². The molecular weight excluding hydrogens is 274 g/mol. The van der Waals surface area contributed by atoms with E-state index < -0.39 is 0 Å². The molecule has 2 N–H and O–H groups in total. The van der Waals surface area contributed by atoms with Gasteiger partial charge in [-0.25, -0.2) is 0 Å². The quantitative estimate of drug-likeness (QED) is 0.866. The van der Waals surface area contributed by atoms with Gasteiger partial charge in [0.2, 0.25) is 0 Å². The molecule has 0 spiro atoms. The summed E-state index contributed by atoms with van der Waals surface area (Å²) in [7, 11) is 0. The van der Waals surface area contributed by atoms with Crippen LogP contribution in [0.25, 0.3) is 0 Å². The molecular formula is C14H19N3O2S. The number of morpholine rings is 1. The molecule has 1 aromatic rings. The van der Waals surface area contributed by atoms with Gasteiger partial charge in [0, 0.05) is 19.5 Å². The van der Waals surface area contributed by atoms with E-state index in [9.17, 15) is 10.1 Å². The minimum absolute atomic E-state index is 0.00962. The van der Waals surface area contributed by atoms with Crippen molar-refractivity contribution in [1.82, 2.24) is 0 Å². The topological polar surface area (TPSA) is 79.3 Å². The van der Waals surface area contributed by atoms with Crippen molar-refractivity contribution >= 4 is 27.8 Å². The molecule has 5 nitrogen and oxygen atoms in total. The Morgan fingerprint density at radius 3 is 2.60 bits per heavy atom. The van der Waals surface area contributed by atoms with Gasteiger partial charge in [0.25, 0.3) is 0 Å². The first-order chi connectivity index (χ1) is 9.47. The number of nitriles is 1. The van der Waals surface area contributed by atoms with E-state index in [4.69, 9.17) is 10.5 Å². The number of anilines is 2. The van der Waals surface area contributed by atoms with E-state index in [0.717, 1.165) is 5.00 Å². The Morgan fingerprint density at radius 2 is 2.10 bits per heavy atom. The Morgan fingerprint density at radius 1 is 1.50 bits per heavy atom. The molecule has 1 aromatic heterocycles. The van der Waals surface area contributed by atoms with Gasteiger partial charge in [-0.15, -0.1) is 11.3 Å². The molecule has 0 unspecified atom stereocenters. The van der Waals surface area contributed by atoms with Gasteiger partial charge < -0.3 is 15.4 Å². The van der Waals surface area contributed by atoms with Gasteiger partial charge in [-0.3, -0.25) is 4.79 Å². The lowest BCUT2D eigenvalue weighted by molar-refractivity contribution is -0.00501. The average molecular weight is 293 g/mol. The van der Waals surface area contributed by atoms with Crippen LogP contribution in [0.2, 0.25) is 0 Å². The molecule has 1 aliphatic rings. The third-order valence-corrected chi connectivity index (χ3v) is 4.63. The first kappa shape index (κ1) is 14.8. The van der Waals surface area contributed by atoms with E-state index in [1.165, 1.54) is 11.3 Å². The molecule has 2 atom stereocenters. The number of hydrogen-bond donors (Lipinski definition) is 1. The number of Topliss-reactive ketones (excluding diaryl/α,β-unsaturated/α-hetero) is 1. The van der Waals surface area contributed by atoms with Crippen LogP contribution in [0.5, 0.6) is 0 Å². The second-order valence-corrected chi connectivity index (χ2v) is 6.07. The maximum Gasteiger partial charge on any atom is 0.174 e. The van der Waals surface area contributed by atoms with Crippen molar-refractivity contribution in [1.29, 1.82) is 5.26 Å². The monoisotopic (exact) mass is 293 g/mol. The summed E-state index contributed by atoms with van der Waals surface area (Å²) in [5.41, 5.74) is 6.73. The van der Waals surface area contributed by atoms with Crippen LogP contribution in [-0.4, -0.2) is 31.1 Å². The zero-order valence-electron chi connectivity index (χ0n) is 12.0.